The summed E-state index contributed by atoms with van der Waals surface area (Å²) in [5.41, 5.74) is 2.32. The molecule has 0 aliphatic carbocycles. The van der Waals surface area contributed by atoms with Crippen molar-refractivity contribution < 1.29 is 30.7 Å². The maximum Gasteiger partial charge on any atom is 0.329 e. The van der Waals surface area contributed by atoms with Gasteiger partial charge in [0.2, 0.25) is 5.91 Å². The van der Waals surface area contributed by atoms with Crippen molar-refractivity contribution in [2.45, 2.75) is 110 Å². The van der Waals surface area contributed by atoms with Crippen LogP contribution in [0, 0.1) is 29.9 Å². The Kier molecular flexibility index (Phi) is 15.4. The van der Waals surface area contributed by atoms with Crippen molar-refractivity contribution in [2.24, 2.45) is 7.05 Å². The zero-order valence-corrected chi connectivity index (χ0v) is 36.7. The van der Waals surface area contributed by atoms with Crippen LogP contribution in [0.3, 0.4) is 0 Å². The highest BCUT2D eigenvalue weighted by Crippen LogP contribution is 2.37. The molecule has 5 aromatic rings. The Morgan fingerprint density at radius 3 is 2.37 bits per heavy atom. The van der Waals surface area contributed by atoms with E-state index in [4.69, 9.17) is 9.47 Å². The van der Waals surface area contributed by atoms with Crippen LogP contribution in [-0.4, -0.2) is 75.1 Å². The van der Waals surface area contributed by atoms with Gasteiger partial charge >= 0.3 is 6.03 Å². The number of hydrogen-bond acceptors (Lipinski definition) is 9. The van der Waals surface area contributed by atoms with E-state index in [1.807, 2.05) is 26.0 Å². The average molecular weight is 857 g/mol. The molecule has 1 unspecified atom stereocenters. The summed E-state index contributed by atoms with van der Waals surface area (Å²) in [7, 11) is 1.78. The van der Waals surface area contributed by atoms with Gasteiger partial charge in [-0.3, -0.25) is 29.1 Å². The van der Waals surface area contributed by atoms with Crippen LogP contribution >= 0.6 is 0 Å². The third kappa shape index (κ3) is 9.98. The number of aryl methyl sites for hydroxylation is 2. The molecule has 3 aliphatic rings. The number of halogens is 2. The SMILES string of the molecule is CC.CCC.Cc1ccc(F)c(Oc2ccc3ncn([C@@H]4CCCCC(N5CCC(c6cc7c(cc6F)c(N6CCC(=O)NC6=O)nn7C)CC5)CCOC4)c(=O)c3c2)c1C#N.[HH].[HH]. The molecule has 3 aliphatic heterocycles. The van der Waals surface area contributed by atoms with E-state index in [0.29, 0.717) is 52.5 Å². The molecule has 1 N–H and O–H groups in total. The van der Waals surface area contributed by atoms with Crippen molar-refractivity contribution in [2.75, 3.05) is 37.7 Å². The molecule has 0 saturated carbocycles. The van der Waals surface area contributed by atoms with Crippen LogP contribution in [-0.2, 0) is 16.6 Å². The first kappa shape index (κ1) is 45.8. The molecule has 0 radical (unpaired) electrons. The number of imide groups is 1. The second-order valence-corrected chi connectivity index (χ2v) is 16.0. The van der Waals surface area contributed by atoms with Gasteiger partial charge in [-0.15, -0.1) is 0 Å². The molecule has 13 nitrogen and oxygen atoms in total. The number of amides is 3. The molecule has 62 heavy (non-hydrogen) atoms. The molecule has 2 aromatic heterocycles. The molecule has 334 valence electrons. The first-order valence-electron chi connectivity index (χ1n) is 22.0. The minimum Gasteiger partial charge on any atom is -0.453 e. The van der Waals surface area contributed by atoms with E-state index >= 15 is 4.39 Å². The van der Waals surface area contributed by atoms with E-state index in [9.17, 15) is 24.0 Å². The number of anilines is 1. The zero-order valence-electron chi connectivity index (χ0n) is 36.7. The quantitative estimate of drug-likeness (QED) is 0.176. The number of ether oxygens (including phenoxy) is 2. The minimum absolute atomic E-state index is 0. The van der Waals surface area contributed by atoms with Crippen molar-refractivity contribution in [3.63, 3.8) is 0 Å². The number of fused-ring (bicyclic) bond motifs is 2. The standard InChI is InChI=1S/C42H44F2N8O5.C3H8.C2H6.2H2/c1-25-7-9-34(43)39(33(25)22-45)57-29-8-10-36-31(19-29)41(54)52(24-46-36)28-6-4-3-5-27(14-18-56-23-28)50-15-11-26(12-16-50)30-21-37-32(20-35(30)44)40(48-49(37)2)51-17-13-38(53)47-42(51)55;1-3-2;1-2;;/h7-10,19-21,24,26-28H,3-6,11-18,23H2,1-2H3,(H,47,53,55);3H2,1-2H3;1-2H3;2*1H/t27?,28-;;;;/m1..../s1. The number of nitriles is 1. The lowest BCUT2D eigenvalue weighted by atomic mass is 9.87. The lowest BCUT2D eigenvalue weighted by molar-refractivity contribution is -0.120. The Labute approximate surface area is 364 Å². The molecule has 3 fully saturated rings. The number of rotatable bonds is 6. The number of nitrogens with zero attached hydrogens (tertiary/aromatic N) is 7. The topological polar surface area (TPSA) is 148 Å². The fourth-order valence-electron chi connectivity index (χ4n) is 8.59. The zero-order chi connectivity index (χ0) is 44.5. The molecule has 3 saturated heterocycles. The van der Waals surface area contributed by atoms with Gasteiger partial charge in [0.05, 0.1) is 35.4 Å². The highest BCUT2D eigenvalue weighted by Gasteiger charge is 2.31. The lowest BCUT2D eigenvalue weighted by Crippen LogP contribution is -2.49. The number of aromatic nitrogens is 4. The summed E-state index contributed by atoms with van der Waals surface area (Å²) in [4.78, 5) is 46.5. The number of likely N-dealkylation sites (tertiary alicyclic amines) is 1. The summed E-state index contributed by atoms with van der Waals surface area (Å²) < 4.78 is 45.8. The molecule has 2 atom stereocenters. The number of carbonyl (C=O) groups excluding carboxylic acids is 2. The van der Waals surface area contributed by atoms with E-state index in [0.717, 1.165) is 63.6 Å². The second kappa shape index (κ2) is 20.9. The molecule has 3 aromatic carbocycles. The summed E-state index contributed by atoms with van der Waals surface area (Å²) in [6.45, 7) is 12.7. The van der Waals surface area contributed by atoms with Gasteiger partial charge < -0.3 is 14.4 Å². The van der Waals surface area contributed by atoms with Crippen molar-refractivity contribution in [1.29, 1.82) is 5.26 Å². The molecular weight excluding hydrogens is 795 g/mol. The van der Waals surface area contributed by atoms with E-state index in [1.54, 1.807) is 47.7 Å². The van der Waals surface area contributed by atoms with Gasteiger partial charge in [0.15, 0.2) is 17.4 Å². The fraction of sp³-hybridized carbons (Fsp3) is 0.489. The second-order valence-electron chi connectivity index (χ2n) is 16.0. The predicted octanol–water partition coefficient (Wildman–Crippen LogP) is 9.68. The third-order valence-electron chi connectivity index (χ3n) is 11.8. The van der Waals surface area contributed by atoms with Crippen LogP contribution < -0.4 is 20.5 Å². The summed E-state index contributed by atoms with van der Waals surface area (Å²) in [6.07, 6.45) is 9.04. The summed E-state index contributed by atoms with van der Waals surface area (Å²) in [5.74, 6) is -0.866. The van der Waals surface area contributed by atoms with Crippen LogP contribution in [0.2, 0.25) is 0 Å². The van der Waals surface area contributed by atoms with Gasteiger partial charge in [-0.1, -0.05) is 53.0 Å². The Hall–Kier alpha value is -5.72. The van der Waals surface area contributed by atoms with Gasteiger partial charge in [-0.2, -0.15) is 10.4 Å². The van der Waals surface area contributed by atoms with Crippen molar-refractivity contribution in [1.82, 2.24) is 29.5 Å². The van der Waals surface area contributed by atoms with Crippen LogP contribution in [0.4, 0.5) is 19.4 Å². The summed E-state index contributed by atoms with van der Waals surface area (Å²) in [5, 5.41) is 17.3. The highest BCUT2D eigenvalue weighted by molar-refractivity contribution is 6.08. The monoisotopic (exact) mass is 856 g/mol. The molecule has 0 spiro atoms. The van der Waals surface area contributed by atoms with Gasteiger partial charge in [0.1, 0.15) is 23.2 Å². The Morgan fingerprint density at radius 2 is 1.66 bits per heavy atom. The Morgan fingerprint density at radius 1 is 0.935 bits per heavy atom. The van der Waals surface area contributed by atoms with Crippen LogP contribution in [0.5, 0.6) is 11.5 Å². The third-order valence-corrected chi connectivity index (χ3v) is 11.8. The van der Waals surface area contributed by atoms with Crippen LogP contribution in [0.25, 0.3) is 21.8 Å². The smallest absolute Gasteiger partial charge is 0.329 e. The van der Waals surface area contributed by atoms with Gasteiger partial charge in [0.25, 0.3) is 5.56 Å². The Bertz CT molecular complexity index is 2490. The van der Waals surface area contributed by atoms with E-state index in [1.165, 1.54) is 29.5 Å². The largest absolute Gasteiger partial charge is 0.453 e. The van der Waals surface area contributed by atoms with E-state index in [-0.39, 0.29) is 62.1 Å². The number of carbonyl (C=O) groups is 2. The molecule has 0 bridgehead atoms. The number of urea groups is 1. The number of nitrogens with one attached hydrogen (secondary N) is 1. The fourth-order valence-corrected chi connectivity index (χ4v) is 8.59. The molecule has 8 rings (SSSR count). The maximum absolute atomic E-state index is 15.8. The summed E-state index contributed by atoms with van der Waals surface area (Å²) >= 11 is 0. The number of piperidine rings is 1. The first-order valence-corrected chi connectivity index (χ1v) is 22.0. The number of benzene rings is 3. The van der Waals surface area contributed by atoms with E-state index < -0.39 is 11.8 Å². The van der Waals surface area contributed by atoms with Crippen LogP contribution in [0.15, 0.2) is 53.6 Å². The van der Waals surface area contributed by atoms with Crippen LogP contribution in [0.1, 0.15) is 117 Å². The normalized spacial score (nSPS) is 19.2. The Balaban J connectivity index is 0.00000123. The summed E-state index contributed by atoms with van der Waals surface area (Å²) in [6, 6.07) is 12.5. The van der Waals surface area contributed by atoms with Gasteiger partial charge in [-0.25, -0.2) is 18.6 Å². The molecule has 3 amide bonds. The highest BCUT2D eigenvalue weighted by atomic mass is 19.1. The van der Waals surface area contributed by atoms with Crippen molar-refractivity contribution in [3.05, 3.63) is 87.5 Å². The molecule has 15 heteroatoms. The number of hydrogen-bond donors (Lipinski definition) is 1. The molecular formula is C47H62F2N8O5. The van der Waals surface area contributed by atoms with Crippen molar-refractivity contribution in [3.8, 4) is 17.6 Å². The minimum atomic E-state index is -0.663. The molecule has 5 heterocycles. The lowest BCUT2D eigenvalue weighted by Gasteiger charge is -2.38. The van der Waals surface area contributed by atoms with Gasteiger partial charge in [-0.05, 0) is 106 Å². The van der Waals surface area contributed by atoms with Gasteiger partial charge in [0, 0.05) is 40.9 Å². The maximum atomic E-state index is 15.8. The van der Waals surface area contributed by atoms with Crippen molar-refractivity contribution >= 4 is 39.6 Å². The predicted molar refractivity (Wildman–Crippen MR) is 240 cm³/mol. The first-order chi connectivity index (χ1) is 30.0. The van der Waals surface area contributed by atoms with E-state index in [2.05, 4.69) is 34.1 Å². The average Bonchev–Trinajstić information content (AvgIpc) is 3.59.